The maximum Gasteiger partial charge on any atom is 0.305 e. The lowest BCUT2D eigenvalue weighted by Crippen LogP contribution is -2.45. The molecule has 0 aliphatic carbocycles. The Morgan fingerprint density at radius 3 is 0.824 bits per heavy atom. The van der Waals surface area contributed by atoms with Crippen molar-refractivity contribution in [2.24, 2.45) is 0 Å². The summed E-state index contributed by atoms with van der Waals surface area (Å²) in [5.74, 6) is -0.00848. The molecule has 0 radical (unpaired) electrons. The van der Waals surface area contributed by atoms with Gasteiger partial charge in [0.15, 0.2) is 0 Å². The van der Waals surface area contributed by atoms with Crippen molar-refractivity contribution < 1.29 is 24.5 Å². The van der Waals surface area contributed by atoms with Gasteiger partial charge in [0, 0.05) is 12.8 Å². The normalized spacial score (nSPS) is 12.4. The lowest BCUT2D eigenvalue weighted by Gasteiger charge is -2.22. The Morgan fingerprint density at radius 1 is 0.324 bits per heavy atom. The fraction of sp³-hybridized carbons (Fsp3) is 0.971. The first-order valence-corrected chi connectivity index (χ1v) is 34.3. The number of nitrogens with one attached hydrogen (secondary N) is 1. The number of ether oxygens (including phenoxy) is 1. The molecular weight excluding hydrogens is 911 g/mol. The van der Waals surface area contributed by atoms with Gasteiger partial charge in [-0.05, 0) is 25.7 Å². The van der Waals surface area contributed by atoms with Crippen LogP contribution in [0.1, 0.15) is 399 Å². The Morgan fingerprint density at radius 2 is 0.554 bits per heavy atom. The van der Waals surface area contributed by atoms with Crippen LogP contribution in [0.5, 0.6) is 0 Å². The lowest BCUT2D eigenvalue weighted by atomic mass is 10.0. The van der Waals surface area contributed by atoms with Crippen LogP contribution in [-0.4, -0.2) is 47.4 Å². The minimum atomic E-state index is -0.662. The fourth-order valence-electron chi connectivity index (χ4n) is 11.2. The first kappa shape index (κ1) is 72.9. The second-order valence-corrected chi connectivity index (χ2v) is 23.9. The van der Waals surface area contributed by atoms with E-state index in [9.17, 15) is 19.8 Å². The SMILES string of the molecule is CCCCCCCCCCCCCCCCCCCCCC(O)C(CO)NC(=O)CCCCCCCCCCCCCCCCCCCCCCCCCCCCCOC(=O)CCCCCCCCCCCCC. The molecule has 0 saturated heterocycles. The first-order valence-electron chi connectivity index (χ1n) is 34.3. The highest BCUT2D eigenvalue weighted by atomic mass is 16.5. The van der Waals surface area contributed by atoms with Gasteiger partial charge in [0.25, 0.3) is 0 Å². The number of aliphatic hydroxyl groups is 2. The Labute approximate surface area is 464 Å². The number of carbonyl (C=O) groups excluding carboxylic acids is 2. The molecular formula is C68H135NO5. The molecule has 6 heteroatoms. The fourth-order valence-corrected chi connectivity index (χ4v) is 11.2. The van der Waals surface area contributed by atoms with E-state index in [-0.39, 0.29) is 18.5 Å². The predicted molar refractivity (Wildman–Crippen MR) is 324 cm³/mol. The van der Waals surface area contributed by atoms with Gasteiger partial charge < -0.3 is 20.3 Å². The van der Waals surface area contributed by atoms with Crippen LogP contribution in [0.4, 0.5) is 0 Å². The van der Waals surface area contributed by atoms with E-state index in [1.807, 2.05) is 0 Å². The van der Waals surface area contributed by atoms with E-state index >= 15 is 0 Å². The van der Waals surface area contributed by atoms with Crippen LogP contribution in [0.2, 0.25) is 0 Å². The second kappa shape index (κ2) is 64.4. The lowest BCUT2D eigenvalue weighted by molar-refractivity contribution is -0.143. The summed E-state index contributed by atoms with van der Waals surface area (Å²) in [6.45, 7) is 4.99. The summed E-state index contributed by atoms with van der Waals surface area (Å²) in [7, 11) is 0. The Hall–Kier alpha value is -1.14. The smallest absolute Gasteiger partial charge is 0.305 e. The Balaban J connectivity index is 3.34. The highest BCUT2D eigenvalue weighted by molar-refractivity contribution is 5.76. The van der Waals surface area contributed by atoms with Gasteiger partial charge in [-0.1, -0.05) is 361 Å². The zero-order valence-corrected chi connectivity index (χ0v) is 50.6. The molecule has 1 amide bonds. The largest absolute Gasteiger partial charge is 0.466 e. The first-order chi connectivity index (χ1) is 36.5. The van der Waals surface area contributed by atoms with E-state index in [1.54, 1.807) is 0 Å². The van der Waals surface area contributed by atoms with Gasteiger partial charge in [0.2, 0.25) is 5.91 Å². The van der Waals surface area contributed by atoms with Crippen LogP contribution in [0.25, 0.3) is 0 Å². The number of amides is 1. The highest BCUT2D eigenvalue weighted by Gasteiger charge is 2.20. The summed E-state index contributed by atoms with van der Waals surface area (Å²) in [6.07, 6.45) is 77.1. The molecule has 0 aromatic rings. The number of carbonyl (C=O) groups is 2. The summed E-state index contributed by atoms with van der Waals surface area (Å²) in [5, 5.41) is 23.4. The molecule has 6 nitrogen and oxygen atoms in total. The van der Waals surface area contributed by atoms with Crippen molar-refractivity contribution in [1.29, 1.82) is 0 Å². The molecule has 2 atom stereocenters. The number of hydrogen-bond acceptors (Lipinski definition) is 5. The molecule has 3 N–H and O–H groups in total. The molecule has 2 unspecified atom stereocenters. The van der Waals surface area contributed by atoms with Crippen molar-refractivity contribution in [2.45, 2.75) is 411 Å². The predicted octanol–water partition coefficient (Wildman–Crippen LogP) is 21.8. The van der Waals surface area contributed by atoms with Crippen LogP contribution in [-0.2, 0) is 14.3 Å². The van der Waals surface area contributed by atoms with E-state index in [2.05, 4.69) is 19.2 Å². The maximum atomic E-state index is 12.5. The molecule has 0 aromatic carbocycles. The van der Waals surface area contributed by atoms with Gasteiger partial charge in [0.1, 0.15) is 0 Å². The summed E-state index contributed by atoms with van der Waals surface area (Å²) < 4.78 is 5.48. The number of rotatable bonds is 65. The summed E-state index contributed by atoms with van der Waals surface area (Å²) in [5.41, 5.74) is 0. The summed E-state index contributed by atoms with van der Waals surface area (Å²) in [4.78, 5) is 24.5. The van der Waals surface area contributed by atoms with Crippen LogP contribution in [0, 0.1) is 0 Å². The van der Waals surface area contributed by atoms with Crippen molar-refractivity contribution in [2.75, 3.05) is 13.2 Å². The molecule has 0 rings (SSSR count). The van der Waals surface area contributed by atoms with Gasteiger partial charge in [-0.25, -0.2) is 0 Å². The summed E-state index contributed by atoms with van der Waals surface area (Å²) in [6, 6.07) is -0.539. The topological polar surface area (TPSA) is 95.9 Å². The standard InChI is InChI=1S/C68H135NO5/c1-3-5-7-9-11-13-15-16-17-18-28-31-34-37-41-44-48-52-56-60-66(71)65(64-70)69-67(72)61-57-53-49-45-42-38-35-32-29-26-24-22-20-19-21-23-25-27-30-33-36-39-43-47-51-55-59-63-74-68(73)62-58-54-50-46-40-14-12-10-8-6-4-2/h65-66,70-71H,3-64H2,1-2H3,(H,69,72). The Kier molecular flexibility index (Phi) is 63.4. The van der Waals surface area contributed by atoms with E-state index in [4.69, 9.17) is 4.74 Å². The number of unbranched alkanes of at least 4 members (excludes halogenated alkanes) is 54. The summed E-state index contributed by atoms with van der Waals surface area (Å²) >= 11 is 0. The third-order valence-electron chi connectivity index (χ3n) is 16.4. The number of esters is 1. The van der Waals surface area contributed by atoms with Gasteiger partial charge in [-0.2, -0.15) is 0 Å². The van der Waals surface area contributed by atoms with Crippen molar-refractivity contribution in [3.05, 3.63) is 0 Å². The van der Waals surface area contributed by atoms with E-state index in [0.717, 1.165) is 38.5 Å². The second-order valence-electron chi connectivity index (χ2n) is 23.9. The van der Waals surface area contributed by atoms with Crippen LogP contribution in [0.3, 0.4) is 0 Å². The molecule has 0 saturated carbocycles. The molecule has 0 aliphatic rings. The van der Waals surface area contributed by atoms with E-state index in [0.29, 0.717) is 25.9 Å². The zero-order valence-electron chi connectivity index (χ0n) is 50.6. The number of aliphatic hydroxyl groups excluding tert-OH is 2. The van der Waals surface area contributed by atoms with Crippen LogP contribution >= 0.6 is 0 Å². The molecule has 74 heavy (non-hydrogen) atoms. The molecule has 0 aliphatic heterocycles. The third kappa shape index (κ3) is 60.1. The van der Waals surface area contributed by atoms with E-state index in [1.165, 1.54) is 327 Å². The average Bonchev–Trinajstić information content (AvgIpc) is 3.40. The molecule has 0 spiro atoms. The van der Waals surface area contributed by atoms with Gasteiger partial charge in [0.05, 0.1) is 25.4 Å². The van der Waals surface area contributed by atoms with Gasteiger partial charge in [-0.15, -0.1) is 0 Å². The van der Waals surface area contributed by atoms with Gasteiger partial charge in [-0.3, -0.25) is 9.59 Å². The maximum absolute atomic E-state index is 12.5. The highest BCUT2D eigenvalue weighted by Crippen LogP contribution is 2.19. The number of hydrogen-bond donors (Lipinski definition) is 3. The minimum Gasteiger partial charge on any atom is -0.466 e. The van der Waals surface area contributed by atoms with Crippen LogP contribution < -0.4 is 5.32 Å². The third-order valence-corrected chi connectivity index (χ3v) is 16.4. The van der Waals surface area contributed by atoms with Crippen molar-refractivity contribution in [3.8, 4) is 0 Å². The van der Waals surface area contributed by atoms with Crippen LogP contribution in [0.15, 0.2) is 0 Å². The van der Waals surface area contributed by atoms with E-state index < -0.39 is 12.1 Å². The van der Waals surface area contributed by atoms with Crippen molar-refractivity contribution in [3.63, 3.8) is 0 Å². The Bertz CT molecular complexity index is 1070. The van der Waals surface area contributed by atoms with Gasteiger partial charge >= 0.3 is 5.97 Å². The average molecular weight is 1050 g/mol. The molecule has 0 fully saturated rings. The minimum absolute atomic E-state index is 0.0189. The monoisotopic (exact) mass is 1050 g/mol. The quantitative estimate of drug-likeness (QED) is 0.0417. The van der Waals surface area contributed by atoms with Crippen molar-refractivity contribution >= 4 is 11.9 Å². The van der Waals surface area contributed by atoms with Crippen molar-refractivity contribution in [1.82, 2.24) is 5.32 Å². The molecule has 0 heterocycles. The molecule has 0 bridgehead atoms. The molecule has 442 valence electrons. The zero-order chi connectivity index (χ0) is 53.6. The molecule has 0 aromatic heterocycles.